The zero-order valence-corrected chi connectivity index (χ0v) is 10.7. The first-order chi connectivity index (χ1) is 9.11. The lowest BCUT2D eigenvalue weighted by molar-refractivity contribution is 0.0697. The van der Waals surface area contributed by atoms with Crippen molar-refractivity contribution in [2.24, 2.45) is 0 Å². The Hall–Kier alpha value is -2.13. The molecule has 0 aromatic heterocycles. The number of aliphatic hydroxyl groups excluding tert-OH is 1. The van der Waals surface area contributed by atoms with E-state index in [9.17, 15) is 9.90 Å². The molecule has 0 bridgehead atoms. The van der Waals surface area contributed by atoms with Crippen LogP contribution in [-0.4, -0.2) is 16.2 Å². The summed E-state index contributed by atoms with van der Waals surface area (Å²) in [6.07, 6.45) is 0.260. The molecule has 0 fully saturated rings. The molecular weight excluding hydrogens is 240 g/mol. The number of aromatic carboxylic acids is 1. The van der Waals surface area contributed by atoms with Gasteiger partial charge in [-0.3, -0.25) is 0 Å². The van der Waals surface area contributed by atoms with Gasteiger partial charge in [-0.1, -0.05) is 43.3 Å². The van der Waals surface area contributed by atoms with Crippen LogP contribution in [0.15, 0.2) is 48.5 Å². The first-order valence-electron chi connectivity index (χ1n) is 6.23. The van der Waals surface area contributed by atoms with Gasteiger partial charge in [-0.25, -0.2) is 4.79 Å². The number of rotatable bonds is 4. The lowest BCUT2D eigenvalue weighted by Crippen LogP contribution is -1.95. The Balaban J connectivity index is 2.24. The Morgan fingerprint density at radius 2 is 1.47 bits per heavy atom. The van der Waals surface area contributed by atoms with E-state index in [-0.39, 0.29) is 5.56 Å². The van der Waals surface area contributed by atoms with Gasteiger partial charge in [0.1, 0.15) is 0 Å². The molecule has 98 valence electrons. The third-order valence-electron chi connectivity index (χ3n) is 3.15. The van der Waals surface area contributed by atoms with Crippen molar-refractivity contribution in [3.63, 3.8) is 0 Å². The van der Waals surface area contributed by atoms with E-state index in [0.29, 0.717) is 6.42 Å². The van der Waals surface area contributed by atoms with Crippen molar-refractivity contribution in [3.8, 4) is 11.1 Å². The molecule has 2 N–H and O–H groups in total. The van der Waals surface area contributed by atoms with Crippen LogP contribution in [0.4, 0.5) is 0 Å². The Morgan fingerprint density at radius 1 is 1.00 bits per heavy atom. The molecule has 3 heteroatoms. The highest BCUT2D eigenvalue weighted by Gasteiger charge is 2.06. The van der Waals surface area contributed by atoms with E-state index in [0.717, 1.165) is 16.7 Å². The molecule has 0 amide bonds. The zero-order chi connectivity index (χ0) is 13.8. The van der Waals surface area contributed by atoms with Crippen LogP contribution >= 0.6 is 0 Å². The normalized spacial score (nSPS) is 12.1. The molecule has 1 atom stereocenters. The van der Waals surface area contributed by atoms with Gasteiger partial charge in [0.25, 0.3) is 0 Å². The van der Waals surface area contributed by atoms with E-state index in [2.05, 4.69) is 0 Å². The molecule has 3 nitrogen and oxygen atoms in total. The number of carboxylic acids is 1. The number of carboxylic acid groups (broad SMARTS) is 1. The third-order valence-corrected chi connectivity index (χ3v) is 3.15. The third kappa shape index (κ3) is 3.01. The second kappa shape index (κ2) is 5.67. The van der Waals surface area contributed by atoms with Gasteiger partial charge in [-0.05, 0) is 35.2 Å². The minimum Gasteiger partial charge on any atom is -0.478 e. The molecule has 0 aliphatic rings. The number of benzene rings is 2. The van der Waals surface area contributed by atoms with Crippen molar-refractivity contribution in [3.05, 3.63) is 59.7 Å². The van der Waals surface area contributed by atoms with Crippen molar-refractivity contribution in [2.45, 2.75) is 19.4 Å². The average Bonchev–Trinajstić information content (AvgIpc) is 2.46. The lowest BCUT2D eigenvalue weighted by atomic mass is 10.0. The van der Waals surface area contributed by atoms with E-state index in [1.807, 2.05) is 31.2 Å². The molecule has 0 saturated carbocycles. The quantitative estimate of drug-likeness (QED) is 0.880. The average molecular weight is 256 g/mol. The molecule has 2 rings (SSSR count). The maximum atomic E-state index is 10.8. The van der Waals surface area contributed by atoms with E-state index < -0.39 is 12.1 Å². The van der Waals surface area contributed by atoms with Gasteiger partial charge in [-0.2, -0.15) is 0 Å². The summed E-state index contributed by atoms with van der Waals surface area (Å²) in [6, 6.07) is 14.4. The zero-order valence-electron chi connectivity index (χ0n) is 10.7. The van der Waals surface area contributed by atoms with Crippen LogP contribution in [0.25, 0.3) is 11.1 Å². The molecule has 19 heavy (non-hydrogen) atoms. The van der Waals surface area contributed by atoms with Crippen molar-refractivity contribution in [1.29, 1.82) is 0 Å². The van der Waals surface area contributed by atoms with Crippen molar-refractivity contribution in [2.75, 3.05) is 0 Å². The first kappa shape index (κ1) is 13.3. The first-order valence-corrected chi connectivity index (χ1v) is 6.23. The molecule has 0 heterocycles. The minimum absolute atomic E-state index is 0.279. The van der Waals surface area contributed by atoms with Crippen LogP contribution in [0, 0.1) is 0 Å². The van der Waals surface area contributed by atoms with E-state index in [1.54, 1.807) is 24.3 Å². The fourth-order valence-corrected chi connectivity index (χ4v) is 1.94. The largest absolute Gasteiger partial charge is 0.478 e. The predicted octanol–water partition coefficient (Wildman–Crippen LogP) is 3.50. The summed E-state index contributed by atoms with van der Waals surface area (Å²) in [6.45, 7) is 1.93. The summed E-state index contributed by atoms with van der Waals surface area (Å²) in [5, 5.41) is 18.6. The summed E-state index contributed by atoms with van der Waals surface area (Å²) >= 11 is 0. The summed E-state index contributed by atoms with van der Waals surface area (Å²) < 4.78 is 0. The van der Waals surface area contributed by atoms with Gasteiger partial charge < -0.3 is 10.2 Å². The highest BCUT2D eigenvalue weighted by atomic mass is 16.4. The topological polar surface area (TPSA) is 57.5 Å². The number of hydrogen-bond acceptors (Lipinski definition) is 2. The fourth-order valence-electron chi connectivity index (χ4n) is 1.94. The van der Waals surface area contributed by atoms with E-state index in [4.69, 9.17) is 5.11 Å². The highest BCUT2D eigenvalue weighted by Crippen LogP contribution is 2.23. The Morgan fingerprint density at radius 3 is 1.89 bits per heavy atom. The molecule has 0 radical (unpaired) electrons. The van der Waals surface area contributed by atoms with Gasteiger partial charge in [0.05, 0.1) is 11.7 Å². The number of carbonyl (C=O) groups is 1. The molecule has 2 aromatic carbocycles. The van der Waals surface area contributed by atoms with Crippen molar-refractivity contribution in [1.82, 2.24) is 0 Å². The smallest absolute Gasteiger partial charge is 0.335 e. The molecular formula is C16H16O3. The van der Waals surface area contributed by atoms with Crippen LogP contribution in [0.5, 0.6) is 0 Å². The highest BCUT2D eigenvalue weighted by molar-refractivity contribution is 5.88. The van der Waals surface area contributed by atoms with E-state index >= 15 is 0 Å². The second-order valence-corrected chi connectivity index (χ2v) is 4.43. The van der Waals surface area contributed by atoms with Gasteiger partial charge in [0.2, 0.25) is 0 Å². The van der Waals surface area contributed by atoms with Crippen LogP contribution in [0.2, 0.25) is 0 Å². The minimum atomic E-state index is -0.923. The Bertz CT molecular complexity index is 556. The Labute approximate surface area is 112 Å². The summed E-state index contributed by atoms with van der Waals surface area (Å²) in [7, 11) is 0. The van der Waals surface area contributed by atoms with Crippen molar-refractivity contribution >= 4 is 5.97 Å². The Kier molecular flexibility index (Phi) is 3.97. The van der Waals surface area contributed by atoms with Crippen LogP contribution in [0.3, 0.4) is 0 Å². The maximum absolute atomic E-state index is 10.8. The van der Waals surface area contributed by atoms with E-state index in [1.165, 1.54) is 0 Å². The molecule has 0 saturated heterocycles. The van der Waals surface area contributed by atoms with Gasteiger partial charge in [0, 0.05) is 0 Å². The van der Waals surface area contributed by atoms with Crippen LogP contribution in [-0.2, 0) is 0 Å². The molecule has 0 aliphatic carbocycles. The van der Waals surface area contributed by atoms with Gasteiger partial charge in [-0.15, -0.1) is 0 Å². The molecule has 2 aromatic rings. The fraction of sp³-hybridized carbons (Fsp3) is 0.188. The summed E-state index contributed by atoms with van der Waals surface area (Å²) in [4.78, 5) is 10.8. The monoisotopic (exact) mass is 256 g/mol. The maximum Gasteiger partial charge on any atom is 0.335 e. The molecule has 0 spiro atoms. The lowest BCUT2D eigenvalue weighted by Gasteiger charge is -2.09. The molecule has 1 unspecified atom stereocenters. The summed E-state index contributed by atoms with van der Waals surface area (Å²) in [5.74, 6) is -0.923. The predicted molar refractivity (Wildman–Crippen MR) is 74.1 cm³/mol. The van der Waals surface area contributed by atoms with Crippen molar-refractivity contribution < 1.29 is 15.0 Å². The SMILES string of the molecule is CCC(O)c1ccc(-c2ccc(C(=O)O)cc2)cc1. The van der Waals surface area contributed by atoms with Crippen LogP contribution < -0.4 is 0 Å². The standard InChI is InChI=1S/C16H16O3/c1-2-15(17)13-7-3-11(4-8-13)12-5-9-14(10-6-12)16(18)19/h3-10,15,17H,2H2,1H3,(H,18,19). The summed E-state index contributed by atoms with van der Waals surface area (Å²) in [5.41, 5.74) is 3.14. The second-order valence-electron chi connectivity index (χ2n) is 4.43. The van der Waals surface area contributed by atoms with Gasteiger partial charge in [0.15, 0.2) is 0 Å². The number of hydrogen-bond donors (Lipinski definition) is 2. The number of aliphatic hydroxyl groups is 1. The van der Waals surface area contributed by atoms with Crippen LogP contribution in [0.1, 0.15) is 35.4 Å². The van der Waals surface area contributed by atoms with Gasteiger partial charge >= 0.3 is 5.97 Å². The molecule has 0 aliphatic heterocycles.